The molecule has 0 aliphatic rings. The second-order valence-electron chi connectivity index (χ2n) is 2.88. The predicted molar refractivity (Wildman–Crippen MR) is 55.8 cm³/mol. The summed E-state index contributed by atoms with van der Waals surface area (Å²) in [5.41, 5.74) is -0.238. The second-order valence-corrected chi connectivity index (χ2v) is 3.68. The zero-order chi connectivity index (χ0) is 12.1. The van der Waals surface area contributed by atoms with Crippen LogP contribution in [0.1, 0.15) is 16.8 Å². The molecule has 0 fully saturated rings. The van der Waals surface area contributed by atoms with Gasteiger partial charge in [0.15, 0.2) is 5.78 Å². The molecule has 6 heteroatoms. The molecule has 0 N–H and O–H groups in total. The minimum absolute atomic E-state index is 0.0923. The minimum atomic E-state index is -3.00. The Labute approximate surface area is 98.5 Å². The highest BCUT2D eigenvalue weighted by atomic mass is 79.9. The first-order chi connectivity index (χ1) is 7.54. The van der Waals surface area contributed by atoms with Gasteiger partial charge in [-0.1, -0.05) is 15.9 Å². The lowest BCUT2D eigenvalue weighted by molar-refractivity contribution is -0.0499. The Balaban J connectivity index is 2.94. The summed E-state index contributed by atoms with van der Waals surface area (Å²) < 4.78 is 41.1. The molecule has 0 unspecified atom stereocenters. The van der Waals surface area contributed by atoms with Crippen LogP contribution in [0, 0.1) is 5.82 Å². The van der Waals surface area contributed by atoms with Gasteiger partial charge < -0.3 is 4.74 Å². The van der Waals surface area contributed by atoms with Crippen LogP contribution >= 0.6 is 15.9 Å². The van der Waals surface area contributed by atoms with Crippen molar-refractivity contribution in [3.8, 4) is 5.75 Å². The lowest BCUT2D eigenvalue weighted by Crippen LogP contribution is -2.06. The Kier molecular flexibility index (Phi) is 4.79. The van der Waals surface area contributed by atoms with Crippen molar-refractivity contribution < 1.29 is 22.7 Å². The number of halogens is 4. The van der Waals surface area contributed by atoms with Gasteiger partial charge in [0, 0.05) is 11.8 Å². The highest BCUT2D eigenvalue weighted by molar-refractivity contribution is 9.09. The number of carbonyl (C=O) groups excluding carboxylic acids is 1. The zero-order valence-corrected chi connectivity index (χ0v) is 9.64. The molecular weight excluding hydrogens is 289 g/mol. The topological polar surface area (TPSA) is 26.3 Å². The van der Waals surface area contributed by atoms with E-state index in [1.54, 1.807) is 0 Å². The fourth-order valence-corrected chi connectivity index (χ4v) is 1.47. The molecule has 0 saturated carbocycles. The minimum Gasteiger partial charge on any atom is -0.435 e. The normalized spacial score (nSPS) is 10.6. The van der Waals surface area contributed by atoms with E-state index in [4.69, 9.17) is 0 Å². The van der Waals surface area contributed by atoms with Gasteiger partial charge in [-0.25, -0.2) is 4.39 Å². The summed E-state index contributed by atoms with van der Waals surface area (Å²) in [6.07, 6.45) is 0.0923. The molecule has 0 spiro atoms. The van der Waals surface area contributed by atoms with Crippen LogP contribution in [0.25, 0.3) is 0 Å². The van der Waals surface area contributed by atoms with Gasteiger partial charge in [0.05, 0.1) is 5.56 Å². The van der Waals surface area contributed by atoms with Crippen LogP contribution < -0.4 is 4.74 Å². The van der Waals surface area contributed by atoms with Crippen molar-refractivity contribution in [2.45, 2.75) is 13.0 Å². The highest BCUT2D eigenvalue weighted by Gasteiger charge is 2.13. The third kappa shape index (κ3) is 3.52. The molecule has 0 heterocycles. The monoisotopic (exact) mass is 296 g/mol. The first-order valence-corrected chi connectivity index (χ1v) is 5.50. The van der Waals surface area contributed by atoms with Crippen molar-refractivity contribution in [1.29, 1.82) is 0 Å². The van der Waals surface area contributed by atoms with Gasteiger partial charge in [0.1, 0.15) is 11.6 Å². The average molecular weight is 297 g/mol. The van der Waals surface area contributed by atoms with Crippen LogP contribution in [0.3, 0.4) is 0 Å². The molecule has 1 aromatic carbocycles. The highest BCUT2D eigenvalue weighted by Crippen LogP contribution is 2.20. The summed E-state index contributed by atoms with van der Waals surface area (Å²) in [4.78, 5) is 11.4. The number of hydrogen-bond donors (Lipinski definition) is 0. The number of alkyl halides is 3. The maximum absolute atomic E-state index is 13.2. The lowest BCUT2D eigenvalue weighted by Gasteiger charge is -2.06. The molecule has 0 atom stereocenters. The van der Waals surface area contributed by atoms with E-state index in [9.17, 15) is 18.0 Å². The van der Waals surface area contributed by atoms with Crippen LogP contribution in [0.5, 0.6) is 5.75 Å². The van der Waals surface area contributed by atoms with Crippen molar-refractivity contribution in [3.05, 3.63) is 29.6 Å². The van der Waals surface area contributed by atoms with Gasteiger partial charge in [0.2, 0.25) is 0 Å². The van der Waals surface area contributed by atoms with Gasteiger partial charge in [-0.05, 0) is 18.2 Å². The average Bonchev–Trinajstić information content (AvgIpc) is 2.20. The number of hydrogen-bond acceptors (Lipinski definition) is 2. The summed E-state index contributed by atoms with van der Waals surface area (Å²) in [6.45, 7) is -3.00. The number of carbonyl (C=O) groups is 1. The zero-order valence-electron chi connectivity index (χ0n) is 8.05. The smallest absolute Gasteiger partial charge is 0.387 e. The maximum atomic E-state index is 13.2. The van der Waals surface area contributed by atoms with Crippen LogP contribution in [0.4, 0.5) is 13.2 Å². The molecular formula is C10H8BrF3O2. The third-order valence-electron chi connectivity index (χ3n) is 1.78. The van der Waals surface area contributed by atoms with Crippen LogP contribution in [0.2, 0.25) is 0 Å². The molecule has 0 bridgehead atoms. The number of rotatable bonds is 5. The molecule has 0 saturated heterocycles. The van der Waals surface area contributed by atoms with E-state index >= 15 is 0 Å². The summed E-state index contributed by atoms with van der Waals surface area (Å²) in [7, 11) is 0. The SMILES string of the molecule is O=C(CCBr)c1cc(OC(F)F)ccc1F. The Morgan fingerprint density at radius 3 is 2.69 bits per heavy atom. The van der Waals surface area contributed by atoms with Crippen molar-refractivity contribution >= 4 is 21.7 Å². The van der Waals surface area contributed by atoms with Crippen molar-refractivity contribution in [3.63, 3.8) is 0 Å². The van der Waals surface area contributed by atoms with E-state index in [1.807, 2.05) is 0 Å². The first kappa shape index (κ1) is 13.0. The Morgan fingerprint density at radius 2 is 2.12 bits per heavy atom. The Bertz CT molecular complexity index is 382. The van der Waals surface area contributed by atoms with E-state index in [1.165, 1.54) is 0 Å². The van der Waals surface area contributed by atoms with Gasteiger partial charge in [-0.15, -0.1) is 0 Å². The molecule has 0 amide bonds. The van der Waals surface area contributed by atoms with Crippen molar-refractivity contribution in [2.24, 2.45) is 0 Å². The quantitative estimate of drug-likeness (QED) is 0.615. The summed E-state index contributed by atoms with van der Waals surface area (Å²) >= 11 is 3.04. The number of benzene rings is 1. The fraction of sp³-hybridized carbons (Fsp3) is 0.300. The summed E-state index contributed by atoms with van der Waals surface area (Å²) in [5, 5.41) is 0.380. The predicted octanol–water partition coefficient (Wildman–Crippen LogP) is 3.39. The summed E-state index contributed by atoms with van der Waals surface area (Å²) in [5.74, 6) is -1.43. The van der Waals surface area contributed by atoms with Crippen molar-refractivity contribution in [1.82, 2.24) is 0 Å². The largest absolute Gasteiger partial charge is 0.435 e. The van der Waals surface area contributed by atoms with E-state index in [-0.39, 0.29) is 17.7 Å². The molecule has 0 radical (unpaired) electrons. The molecule has 16 heavy (non-hydrogen) atoms. The van der Waals surface area contributed by atoms with E-state index in [2.05, 4.69) is 20.7 Å². The van der Waals surface area contributed by atoms with Crippen molar-refractivity contribution in [2.75, 3.05) is 5.33 Å². The van der Waals surface area contributed by atoms with Crippen LogP contribution in [-0.2, 0) is 0 Å². The molecule has 1 rings (SSSR count). The lowest BCUT2D eigenvalue weighted by atomic mass is 10.1. The molecule has 2 nitrogen and oxygen atoms in total. The number of ketones is 1. The molecule has 0 aliphatic heterocycles. The van der Waals surface area contributed by atoms with Gasteiger partial charge >= 0.3 is 6.61 Å². The van der Waals surface area contributed by atoms with E-state index in [0.717, 1.165) is 18.2 Å². The number of ether oxygens (including phenoxy) is 1. The summed E-state index contributed by atoms with van der Waals surface area (Å²) in [6, 6.07) is 2.96. The van der Waals surface area contributed by atoms with E-state index < -0.39 is 18.2 Å². The molecule has 0 aliphatic carbocycles. The van der Waals surface area contributed by atoms with Gasteiger partial charge in [-0.3, -0.25) is 4.79 Å². The van der Waals surface area contributed by atoms with Crippen LogP contribution in [0.15, 0.2) is 18.2 Å². The van der Waals surface area contributed by atoms with E-state index in [0.29, 0.717) is 5.33 Å². The first-order valence-electron chi connectivity index (χ1n) is 4.38. The number of Topliss-reactive ketones (excluding diaryl/α,β-unsaturated/α-hetero) is 1. The van der Waals surface area contributed by atoms with Gasteiger partial charge in [0.25, 0.3) is 0 Å². The Hall–Kier alpha value is -1.04. The molecule has 0 aromatic heterocycles. The molecule has 88 valence electrons. The van der Waals surface area contributed by atoms with Crippen LogP contribution in [-0.4, -0.2) is 17.7 Å². The molecule has 1 aromatic rings. The standard InChI is InChI=1S/C10H8BrF3O2/c11-4-3-9(15)7-5-6(16-10(13)14)1-2-8(7)12/h1-2,5,10H,3-4H2. The fourth-order valence-electron chi connectivity index (χ4n) is 1.11. The maximum Gasteiger partial charge on any atom is 0.387 e. The van der Waals surface area contributed by atoms with Gasteiger partial charge in [-0.2, -0.15) is 8.78 Å². The second kappa shape index (κ2) is 5.89. The third-order valence-corrected chi connectivity index (χ3v) is 2.18. The Morgan fingerprint density at radius 1 is 1.44 bits per heavy atom.